The van der Waals surface area contributed by atoms with E-state index in [1.165, 1.54) is 16.9 Å². The van der Waals surface area contributed by atoms with Crippen molar-refractivity contribution in [3.63, 3.8) is 0 Å². The summed E-state index contributed by atoms with van der Waals surface area (Å²) in [5.41, 5.74) is 1.28. The van der Waals surface area contributed by atoms with E-state index in [0.717, 1.165) is 30.9 Å². The zero-order chi connectivity index (χ0) is 14.9. The molecule has 1 N–H and O–H groups in total. The standard InChI is InChI=1S/C15H22N4OS/c1-12(2)10-17-11-14-18-19-15(21-14)20-9-3-4-13-5-7-16-8-6-13/h5-8,12,17H,3-4,9-11H2,1-2H3. The van der Waals surface area contributed by atoms with Gasteiger partial charge in [0, 0.05) is 18.9 Å². The Hall–Kier alpha value is -1.53. The van der Waals surface area contributed by atoms with Crippen LogP contribution < -0.4 is 10.1 Å². The molecule has 0 atom stereocenters. The fraction of sp³-hybridized carbons (Fsp3) is 0.533. The number of hydrogen-bond donors (Lipinski definition) is 1. The molecule has 0 aliphatic heterocycles. The molecule has 2 aromatic heterocycles. The summed E-state index contributed by atoms with van der Waals surface area (Å²) in [5.74, 6) is 0.641. The Morgan fingerprint density at radius 1 is 1.24 bits per heavy atom. The molecule has 2 rings (SSSR count). The summed E-state index contributed by atoms with van der Waals surface area (Å²) in [6.45, 7) is 6.78. The van der Waals surface area contributed by atoms with Crippen LogP contribution in [0, 0.1) is 5.92 Å². The molecule has 0 fully saturated rings. The molecule has 0 spiro atoms. The molecular formula is C15H22N4OS. The van der Waals surface area contributed by atoms with E-state index >= 15 is 0 Å². The van der Waals surface area contributed by atoms with Gasteiger partial charge in [0.05, 0.1) is 6.61 Å². The molecule has 0 saturated heterocycles. The van der Waals surface area contributed by atoms with Crippen LogP contribution in [0.25, 0.3) is 0 Å². The monoisotopic (exact) mass is 306 g/mol. The van der Waals surface area contributed by atoms with Crippen LogP contribution >= 0.6 is 11.3 Å². The first-order valence-electron chi connectivity index (χ1n) is 7.29. The summed E-state index contributed by atoms with van der Waals surface area (Å²) in [7, 11) is 0. The second kappa shape index (κ2) is 8.69. The zero-order valence-electron chi connectivity index (χ0n) is 12.6. The number of ether oxygens (including phenoxy) is 1. The Kier molecular flexibility index (Phi) is 6.56. The van der Waals surface area contributed by atoms with Crippen LogP contribution in [0.2, 0.25) is 0 Å². The molecular weight excluding hydrogens is 284 g/mol. The molecule has 0 bridgehead atoms. The maximum absolute atomic E-state index is 5.64. The third-order valence-corrected chi connectivity index (χ3v) is 3.70. The van der Waals surface area contributed by atoms with Gasteiger partial charge >= 0.3 is 0 Å². The largest absolute Gasteiger partial charge is 0.469 e. The minimum atomic E-state index is 0.641. The molecule has 21 heavy (non-hydrogen) atoms. The van der Waals surface area contributed by atoms with Crippen LogP contribution in [-0.4, -0.2) is 28.3 Å². The van der Waals surface area contributed by atoms with Crippen LogP contribution in [-0.2, 0) is 13.0 Å². The molecule has 0 amide bonds. The Balaban J connectivity index is 1.63. The SMILES string of the molecule is CC(C)CNCc1nnc(OCCCc2ccncc2)s1. The predicted octanol–water partition coefficient (Wildman–Crippen LogP) is 2.69. The van der Waals surface area contributed by atoms with Gasteiger partial charge in [0.1, 0.15) is 5.01 Å². The lowest BCUT2D eigenvalue weighted by Gasteiger charge is -2.04. The Labute approximate surface area is 129 Å². The molecule has 0 saturated carbocycles. The maximum atomic E-state index is 5.64. The molecule has 2 heterocycles. The molecule has 0 aliphatic carbocycles. The van der Waals surface area contributed by atoms with Crippen molar-refractivity contribution in [3.8, 4) is 5.19 Å². The van der Waals surface area contributed by atoms with Gasteiger partial charge in [0.25, 0.3) is 5.19 Å². The summed E-state index contributed by atoms with van der Waals surface area (Å²) in [4.78, 5) is 4.01. The summed E-state index contributed by atoms with van der Waals surface area (Å²) in [6, 6.07) is 4.06. The third kappa shape index (κ3) is 6.18. The number of nitrogens with zero attached hydrogens (tertiary/aromatic N) is 3. The summed E-state index contributed by atoms with van der Waals surface area (Å²) < 4.78 is 5.64. The van der Waals surface area contributed by atoms with Crippen LogP contribution in [0.3, 0.4) is 0 Å². The first-order chi connectivity index (χ1) is 10.2. The molecule has 0 aromatic carbocycles. The second-order valence-corrected chi connectivity index (χ2v) is 6.32. The first kappa shape index (κ1) is 15.9. The highest BCUT2D eigenvalue weighted by Gasteiger charge is 2.05. The molecule has 0 unspecified atom stereocenters. The van der Waals surface area contributed by atoms with Gasteiger partial charge in [-0.2, -0.15) is 0 Å². The molecule has 0 radical (unpaired) electrons. The Bertz CT molecular complexity index is 515. The number of pyridine rings is 1. The van der Waals surface area contributed by atoms with Crippen molar-refractivity contribution in [1.82, 2.24) is 20.5 Å². The predicted molar refractivity (Wildman–Crippen MR) is 84.5 cm³/mol. The van der Waals surface area contributed by atoms with Crippen molar-refractivity contribution < 1.29 is 4.74 Å². The Morgan fingerprint density at radius 3 is 2.81 bits per heavy atom. The van der Waals surface area contributed by atoms with Gasteiger partial charge in [-0.1, -0.05) is 25.2 Å². The molecule has 6 heteroatoms. The number of nitrogens with one attached hydrogen (secondary N) is 1. The second-order valence-electron chi connectivity index (χ2n) is 5.29. The quantitative estimate of drug-likeness (QED) is 0.722. The molecule has 114 valence electrons. The van der Waals surface area contributed by atoms with E-state index in [9.17, 15) is 0 Å². The lowest BCUT2D eigenvalue weighted by atomic mass is 10.1. The highest BCUT2D eigenvalue weighted by atomic mass is 32.1. The summed E-state index contributed by atoms with van der Waals surface area (Å²) >= 11 is 1.51. The minimum absolute atomic E-state index is 0.641. The topological polar surface area (TPSA) is 59.9 Å². The van der Waals surface area contributed by atoms with Crippen molar-refractivity contribution in [1.29, 1.82) is 0 Å². The van der Waals surface area contributed by atoms with Gasteiger partial charge in [-0.15, -0.1) is 10.2 Å². The lowest BCUT2D eigenvalue weighted by molar-refractivity contribution is 0.307. The van der Waals surface area contributed by atoms with Crippen molar-refractivity contribution in [2.45, 2.75) is 33.2 Å². The van der Waals surface area contributed by atoms with Crippen molar-refractivity contribution >= 4 is 11.3 Å². The van der Waals surface area contributed by atoms with Crippen LogP contribution in [0.15, 0.2) is 24.5 Å². The molecule has 2 aromatic rings. The fourth-order valence-electron chi connectivity index (χ4n) is 1.82. The van der Waals surface area contributed by atoms with E-state index in [4.69, 9.17) is 4.74 Å². The zero-order valence-corrected chi connectivity index (χ0v) is 13.4. The van der Waals surface area contributed by atoms with Crippen LogP contribution in [0.1, 0.15) is 30.8 Å². The van der Waals surface area contributed by atoms with Crippen molar-refractivity contribution in [2.75, 3.05) is 13.2 Å². The van der Waals surface area contributed by atoms with E-state index < -0.39 is 0 Å². The van der Waals surface area contributed by atoms with Crippen molar-refractivity contribution in [2.24, 2.45) is 5.92 Å². The third-order valence-electron chi connectivity index (χ3n) is 2.86. The number of rotatable bonds is 9. The van der Waals surface area contributed by atoms with E-state index in [1.54, 1.807) is 0 Å². The van der Waals surface area contributed by atoms with Gasteiger partial charge in [0.15, 0.2) is 0 Å². The average molecular weight is 306 g/mol. The van der Waals surface area contributed by atoms with Crippen LogP contribution in [0.4, 0.5) is 0 Å². The minimum Gasteiger partial charge on any atom is -0.469 e. The smallest absolute Gasteiger partial charge is 0.294 e. The highest BCUT2D eigenvalue weighted by molar-refractivity contribution is 7.13. The molecule has 5 nitrogen and oxygen atoms in total. The maximum Gasteiger partial charge on any atom is 0.294 e. The van der Waals surface area contributed by atoms with E-state index in [0.29, 0.717) is 17.7 Å². The number of aromatic nitrogens is 3. The highest BCUT2D eigenvalue weighted by Crippen LogP contribution is 2.18. The van der Waals surface area contributed by atoms with Gasteiger partial charge in [-0.05, 0) is 43.0 Å². The number of aryl methyl sites for hydroxylation is 1. The average Bonchev–Trinajstić information content (AvgIpc) is 2.92. The normalized spacial score (nSPS) is 11.0. The van der Waals surface area contributed by atoms with E-state index in [2.05, 4.69) is 34.3 Å². The van der Waals surface area contributed by atoms with Gasteiger partial charge in [-0.3, -0.25) is 4.98 Å². The summed E-state index contributed by atoms with van der Waals surface area (Å²) in [6.07, 6.45) is 5.59. The van der Waals surface area contributed by atoms with Gasteiger partial charge in [-0.25, -0.2) is 0 Å². The van der Waals surface area contributed by atoms with E-state index in [1.807, 2.05) is 24.5 Å². The number of hydrogen-bond acceptors (Lipinski definition) is 6. The van der Waals surface area contributed by atoms with Crippen LogP contribution in [0.5, 0.6) is 5.19 Å². The van der Waals surface area contributed by atoms with Gasteiger partial charge in [0.2, 0.25) is 0 Å². The van der Waals surface area contributed by atoms with Crippen molar-refractivity contribution in [3.05, 3.63) is 35.1 Å². The fourth-order valence-corrected chi connectivity index (χ4v) is 2.50. The lowest BCUT2D eigenvalue weighted by Crippen LogP contribution is -2.18. The summed E-state index contributed by atoms with van der Waals surface area (Å²) in [5, 5.41) is 13.2. The molecule has 0 aliphatic rings. The van der Waals surface area contributed by atoms with Gasteiger partial charge < -0.3 is 10.1 Å². The Morgan fingerprint density at radius 2 is 2.05 bits per heavy atom. The van der Waals surface area contributed by atoms with E-state index in [-0.39, 0.29) is 0 Å². The first-order valence-corrected chi connectivity index (χ1v) is 8.10.